The largest absolute Gasteiger partial charge is 0.346 e. The van der Waals surface area contributed by atoms with E-state index >= 15 is 0 Å². The van der Waals surface area contributed by atoms with Crippen molar-refractivity contribution in [2.24, 2.45) is 17.8 Å². The normalized spacial score (nSPS) is 28.0. The van der Waals surface area contributed by atoms with E-state index in [1.54, 1.807) is 6.07 Å². The van der Waals surface area contributed by atoms with Crippen molar-refractivity contribution >= 4 is 28.7 Å². The molecule has 0 atom stereocenters. The van der Waals surface area contributed by atoms with Crippen LogP contribution in [0.1, 0.15) is 55.3 Å². The van der Waals surface area contributed by atoms with Gasteiger partial charge in [-0.15, -0.1) is 0 Å². The molecule has 1 aliphatic heterocycles. The molecule has 5 fully saturated rings. The third kappa shape index (κ3) is 3.58. The number of rotatable bonds is 4. The first-order valence-electron chi connectivity index (χ1n) is 12.9. The van der Waals surface area contributed by atoms with Crippen molar-refractivity contribution in [2.45, 2.75) is 50.5 Å². The Bertz CT molecular complexity index is 1510. The predicted octanol–water partition coefficient (Wildman–Crippen LogP) is 4.10. The maximum atomic E-state index is 15.0. The fourth-order valence-corrected chi connectivity index (χ4v) is 7.49. The molecular formula is C28H26F2N4O3. The number of hydrogen-bond donors (Lipinski definition) is 1. The predicted molar refractivity (Wildman–Crippen MR) is 133 cm³/mol. The van der Waals surface area contributed by atoms with E-state index in [0.717, 1.165) is 31.4 Å². The Balaban J connectivity index is 1.35. The lowest BCUT2D eigenvalue weighted by molar-refractivity contribution is -0.122. The van der Waals surface area contributed by atoms with Gasteiger partial charge in [-0.3, -0.25) is 23.9 Å². The lowest BCUT2D eigenvalue weighted by Crippen LogP contribution is -2.60. The molecule has 0 unspecified atom stereocenters. The average Bonchev–Trinajstić information content (AvgIpc) is 2.82. The van der Waals surface area contributed by atoms with Gasteiger partial charge in [0.05, 0.1) is 11.1 Å². The Hall–Kier alpha value is -3.62. The summed E-state index contributed by atoms with van der Waals surface area (Å²) in [5.74, 6) is -0.00621. The Morgan fingerprint density at radius 3 is 2.30 bits per heavy atom. The summed E-state index contributed by atoms with van der Waals surface area (Å²) in [5.41, 5.74) is -0.875. The minimum Gasteiger partial charge on any atom is -0.346 e. The summed E-state index contributed by atoms with van der Waals surface area (Å²) in [7, 11) is 0. The molecule has 3 heterocycles. The third-order valence-corrected chi connectivity index (χ3v) is 8.79. The van der Waals surface area contributed by atoms with Gasteiger partial charge < -0.3 is 5.32 Å². The van der Waals surface area contributed by atoms with E-state index in [1.165, 1.54) is 47.1 Å². The number of hydrogen-bond acceptors (Lipinski definition) is 4. The van der Waals surface area contributed by atoms with Crippen LogP contribution < -0.4 is 15.6 Å². The van der Waals surface area contributed by atoms with Crippen molar-refractivity contribution in [2.75, 3.05) is 11.4 Å². The zero-order chi connectivity index (χ0) is 25.5. The summed E-state index contributed by atoms with van der Waals surface area (Å²) in [5, 5.41) is 3.35. The molecule has 0 radical (unpaired) electrons. The summed E-state index contributed by atoms with van der Waals surface area (Å²) in [6.07, 6.45) is 8.13. The number of fused-ring (bicyclic) bond motifs is 1. The van der Waals surface area contributed by atoms with E-state index in [1.807, 2.05) is 0 Å². The summed E-state index contributed by atoms with van der Waals surface area (Å²) < 4.78 is 30.0. The van der Waals surface area contributed by atoms with Crippen LogP contribution in [-0.4, -0.2) is 33.4 Å². The van der Waals surface area contributed by atoms with Gasteiger partial charge in [0.25, 0.3) is 5.91 Å². The molecule has 3 aromatic rings. The number of benzene rings is 1. The Labute approximate surface area is 211 Å². The molecule has 37 heavy (non-hydrogen) atoms. The van der Waals surface area contributed by atoms with Crippen molar-refractivity contribution in [1.82, 2.24) is 14.9 Å². The SMILES string of the molecule is O=C(NC12CC3CC(CC(C3)C1)C2)c1cn(-c2ccc(F)cc2F)c2nc(N3CCC3=O)ccc2c1=O. The monoisotopic (exact) mass is 504 g/mol. The standard InChI is InChI=1S/C28H26F2N4O3/c29-18-1-3-22(21(30)10-18)34-14-20(25(36)19-2-4-23(31-26(19)34)33-6-5-24(33)35)27(37)32-28-11-15-7-16(12-28)9-17(8-15)13-28/h1-4,10,14-17H,5-9,11-13H2,(H,32,37). The van der Waals surface area contributed by atoms with Crippen LogP contribution in [0.2, 0.25) is 0 Å². The highest BCUT2D eigenvalue weighted by Gasteiger charge is 2.51. The van der Waals surface area contributed by atoms with Gasteiger partial charge >= 0.3 is 0 Å². The van der Waals surface area contributed by atoms with E-state index in [9.17, 15) is 23.2 Å². The van der Waals surface area contributed by atoms with Crippen molar-refractivity contribution in [3.05, 3.63) is 63.9 Å². The van der Waals surface area contributed by atoms with Gasteiger partial charge in [0.1, 0.15) is 23.0 Å². The summed E-state index contributed by atoms with van der Waals surface area (Å²) in [4.78, 5) is 45.2. The first-order chi connectivity index (χ1) is 17.8. The second-order valence-electron chi connectivity index (χ2n) is 11.3. The van der Waals surface area contributed by atoms with Crippen molar-refractivity contribution in [3.8, 4) is 5.69 Å². The zero-order valence-corrected chi connectivity index (χ0v) is 20.2. The van der Waals surface area contributed by atoms with Gasteiger partial charge in [-0.05, 0) is 80.5 Å². The van der Waals surface area contributed by atoms with Crippen molar-refractivity contribution in [3.63, 3.8) is 0 Å². The molecule has 2 amide bonds. The molecule has 1 N–H and O–H groups in total. The van der Waals surface area contributed by atoms with Crippen LogP contribution in [0.4, 0.5) is 14.6 Å². The quantitative estimate of drug-likeness (QED) is 0.543. The second kappa shape index (κ2) is 7.94. The van der Waals surface area contributed by atoms with Crippen molar-refractivity contribution in [1.29, 1.82) is 0 Å². The van der Waals surface area contributed by atoms with Crippen LogP contribution in [0.15, 0.2) is 41.3 Å². The molecule has 4 bridgehead atoms. The summed E-state index contributed by atoms with van der Waals surface area (Å²) in [6, 6.07) is 6.19. The molecule has 7 nitrogen and oxygen atoms in total. The number of amides is 2. The van der Waals surface area contributed by atoms with Gasteiger partial charge in [-0.25, -0.2) is 13.8 Å². The summed E-state index contributed by atoms with van der Waals surface area (Å²) >= 11 is 0. The van der Waals surface area contributed by atoms with Gasteiger partial charge in [0, 0.05) is 30.8 Å². The molecule has 8 rings (SSSR count). The van der Waals surface area contributed by atoms with Crippen molar-refractivity contribution < 1.29 is 18.4 Å². The van der Waals surface area contributed by atoms with Crippen LogP contribution in [-0.2, 0) is 4.79 Å². The van der Waals surface area contributed by atoms with Gasteiger partial charge in [0.2, 0.25) is 11.3 Å². The summed E-state index contributed by atoms with van der Waals surface area (Å²) in [6.45, 7) is 0.498. The maximum Gasteiger partial charge on any atom is 0.257 e. The van der Waals surface area contributed by atoms with Crippen LogP contribution >= 0.6 is 0 Å². The van der Waals surface area contributed by atoms with Crippen LogP contribution in [0.25, 0.3) is 16.7 Å². The highest BCUT2D eigenvalue weighted by atomic mass is 19.1. The zero-order valence-electron chi connectivity index (χ0n) is 20.2. The number of β-lactam (4-membered cyclic amide) rings is 1. The molecule has 1 saturated heterocycles. The number of halogens is 2. The molecular weight excluding hydrogens is 478 g/mol. The Morgan fingerprint density at radius 1 is 1.00 bits per heavy atom. The minimum absolute atomic E-state index is 0.0464. The number of pyridine rings is 2. The molecule has 4 saturated carbocycles. The molecule has 190 valence electrons. The van der Waals surface area contributed by atoms with Crippen LogP contribution in [0.3, 0.4) is 0 Å². The molecule has 2 aromatic heterocycles. The molecule has 4 aliphatic carbocycles. The first-order valence-corrected chi connectivity index (χ1v) is 12.9. The van der Waals surface area contributed by atoms with Crippen LogP contribution in [0, 0.1) is 29.4 Å². The molecule has 0 spiro atoms. The Morgan fingerprint density at radius 2 is 1.70 bits per heavy atom. The number of nitrogens with zero attached hydrogens (tertiary/aromatic N) is 3. The average molecular weight is 505 g/mol. The second-order valence-corrected chi connectivity index (χ2v) is 11.3. The lowest BCUT2D eigenvalue weighted by Gasteiger charge is -2.56. The fraction of sp³-hybridized carbons (Fsp3) is 0.429. The van der Waals surface area contributed by atoms with Crippen LogP contribution in [0.5, 0.6) is 0 Å². The fourth-order valence-electron chi connectivity index (χ4n) is 7.49. The van der Waals surface area contributed by atoms with Gasteiger partial charge in [-0.2, -0.15) is 0 Å². The van der Waals surface area contributed by atoms with E-state index < -0.39 is 23.0 Å². The molecule has 1 aromatic carbocycles. The molecule has 5 aliphatic rings. The highest BCUT2D eigenvalue weighted by Crippen LogP contribution is 2.55. The number of carbonyl (C=O) groups excluding carboxylic acids is 2. The van der Waals surface area contributed by atoms with Gasteiger partial charge in [-0.1, -0.05) is 0 Å². The molecule has 9 heteroatoms. The first kappa shape index (κ1) is 22.6. The minimum atomic E-state index is -0.857. The third-order valence-electron chi connectivity index (χ3n) is 8.79. The Kier molecular flexibility index (Phi) is 4.84. The lowest BCUT2D eigenvalue weighted by atomic mass is 9.53. The number of aromatic nitrogens is 2. The highest BCUT2D eigenvalue weighted by molar-refractivity contribution is 6.00. The van der Waals surface area contributed by atoms with E-state index in [2.05, 4.69) is 10.3 Å². The maximum absolute atomic E-state index is 15.0. The van der Waals surface area contributed by atoms with E-state index in [-0.39, 0.29) is 33.7 Å². The number of carbonyl (C=O) groups is 2. The topological polar surface area (TPSA) is 84.3 Å². The van der Waals surface area contributed by atoms with E-state index in [0.29, 0.717) is 36.5 Å². The number of nitrogens with one attached hydrogen (secondary N) is 1. The van der Waals surface area contributed by atoms with Gasteiger partial charge in [0.15, 0.2) is 5.65 Å². The number of anilines is 1. The van der Waals surface area contributed by atoms with E-state index in [4.69, 9.17) is 0 Å². The smallest absolute Gasteiger partial charge is 0.257 e.